The summed E-state index contributed by atoms with van der Waals surface area (Å²) in [5.74, 6) is -0.255. The second-order valence-electron chi connectivity index (χ2n) is 4.27. The summed E-state index contributed by atoms with van der Waals surface area (Å²) in [6.07, 6.45) is 1.63. The number of carbonyl (C=O) groups is 1. The maximum atomic E-state index is 12.2. The van der Waals surface area contributed by atoms with Gasteiger partial charge in [0.25, 0.3) is 5.91 Å². The molecule has 6 nitrogen and oxygen atoms in total. The quantitative estimate of drug-likeness (QED) is 0.343. The molecule has 2 rings (SSSR count). The van der Waals surface area contributed by atoms with Gasteiger partial charge in [-0.15, -0.1) is 0 Å². The maximum Gasteiger partial charge on any atom is 0.257 e. The van der Waals surface area contributed by atoms with E-state index in [1.165, 1.54) is 0 Å². The monoisotopic (exact) mass is 348 g/mol. The zero-order valence-electron chi connectivity index (χ0n) is 11.2. The minimum atomic E-state index is -0.252. The van der Waals surface area contributed by atoms with Crippen LogP contribution in [0.3, 0.4) is 0 Å². The number of benzene rings is 1. The van der Waals surface area contributed by atoms with Crippen molar-refractivity contribution in [2.75, 3.05) is 5.32 Å². The first-order valence-corrected chi connectivity index (χ1v) is 6.82. The van der Waals surface area contributed by atoms with E-state index in [9.17, 15) is 4.79 Å². The number of nitrogens with one attached hydrogen (secondary N) is 1. The zero-order chi connectivity index (χ0) is 15.4. The van der Waals surface area contributed by atoms with Crippen LogP contribution in [-0.4, -0.2) is 21.9 Å². The number of carbonyl (C=O) groups excluding carboxylic acids is 1. The average molecular weight is 349 g/mol. The minimum absolute atomic E-state index is 0.00307. The number of amidine groups is 1. The number of amides is 1. The van der Waals surface area contributed by atoms with E-state index in [-0.39, 0.29) is 11.7 Å². The van der Waals surface area contributed by atoms with Crippen molar-refractivity contribution in [2.24, 2.45) is 10.9 Å². The lowest BCUT2D eigenvalue weighted by Crippen LogP contribution is -2.16. The van der Waals surface area contributed by atoms with Gasteiger partial charge in [-0.1, -0.05) is 5.16 Å². The number of nitrogens with zero attached hydrogens (tertiary/aromatic N) is 2. The molecule has 108 valence electrons. The first kappa shape index (κ1) is 15.0. The molecule has 1 aromatic heterocycles. The predicted octanol–water partition coefficient (Wildman–Crippen LogP) is 2.50. The van der Waals surface area contributed by atoms with E-state index in [4.69, 9.17) is 10.9 Å². The van der Waals surface area contributed by atoms with Crippen molar-refractivity contribution in [3.8, 4) is 0 Å². The molecule has 2 aromatic rings. The highest BCUT2D eigenvalue weighted by atomic mass is 79.9. The van der Waals surface area contributed by atoms with Crippen molar-refractivity contribution in [3.63, 3.8) is 0 Å². The van der Waals surface area contributed by atoms with Crippen LogP contribution >= 0.6 is 15.9 Å². The average Bonchev–Trinajstić information content (AvgIpc) is 2.48. The Morgan fingerprint density at radius 1 is 1.43 bits per heavy atom. The van der Waals surface area contributed by atoms with Crippen molar-refractivity contribution < 1.29 is 10.0 Å². The fourth-order valence-corrected chi connectivity index (χ4v) is 2.23. The van der Waals surface area contributed by atoms with Crippen LogP contribution in [0.1, 0.15) is 21.6 Å². The lowest BCUT2D eigenvalue weighted by Gasteiger charge is -2.10. The van der Waals surface area contributed by atoms with Gasteiger partial charge in [0.1, 0.15) is 0 Å². The summed E-state index contributed by atoms with van der Waals surface area (Å²) in [5, 5.41) is 14.4. The highest BCUT2D eigenvalue weighted by molar-refractivity contribution is 9.10. The number of halogens is 1. The van der Waals surface area contributed by atoms with E-state index in [0.717, 1.165) is 0 Å². The lowest BCUT2D eigenvalue weighted by atomic mass is 10.1. The Morgan fingerprint density at radius 2 is 2.19 bits per heavy atom. The fourth-order valence-electron chi connectivity index (χ4n) is 1.75. The third-order valence-electron chi connectivity index (χ3n) is 2.87. The number of anilines is 1. The molecule has 0 aliphatic heterocycles. The summed E-state index contributed by atoms with van der Waals surface area (Å²) in [4.78, 5) is 16.3. The van der Waals surface area contributed by atoms with Crippen LogP contribution < -0.4 is 11.1 Å². The molecule has 1 heterocycles. The van der Waals surface area contributed by atoms with Crippen LogP contribution in [0.25, 0.3) is 0 Å². The summed E-state index contributed by atoms with van der Waals surface area (Å²) in [5.41, 5.74) is 7.79. The molecule has 0 saturated carbocycles. The van der Waals surface area contributed by atoms with Gasteiger partial charge in [-0.2, -0.15) is 0 Å². The molecular weight excluding hydrogens is 336 g/mol. The Bertz CT molecular complexity index is 716. The highest BCUT2D eigenvalue weighted by Gasteiger charge is 2.12. The van der Waals surface area contributed by atoms with Gasteiger partial charge in [0, 0.05) is 21.9 Å². The summed E-state index contributed by atoms with van der Waals surface area (Å²) in [6, 6.07) is 8.38. The topological polar surface area (TPSA) is 101 Å². The van der Waals surface area contributed by atoms with Crippen molar-refractivity contribution in [1.29, 1.82) is 0 Å². The standard InChI is InChI=1S/C14H13BrN4O2/c1-8-10(3-2-6-17-8)14(20)18-12-5-4-9(7-11(12)15)13(16)19-21/h2-7,21H,1H3,(H2,16,19)(H,18,20). The van der Waals surface area contributed by atoms with Gasteiger partial charge in [-0.3, -0.25) is 9.78 Å². The zero-order valence-corrected chi connectivity index (χ0v) is 12.8. The Labute approximate surface area is 129 Å². The SMILES string of the molecule is Cc1ncccc1C(=O)Nc1ccc(/C(N)=N/O)cc1Br. The first-order valence-electron chi connectivity index (χ1n) is 6.03. The second kappa shape index (κ2) is 6.36. The van der Waals surface area contributed by atoms with Crippen LogP contribution in [0.2, 0.25) is 0 Å². The number of nitrogens with two attached hydrogens (primary N) is 1. The molecule has 0 aliphatic rings. The number of rotatable bonds is 3. The number of aryl methyl sites for hydroxylation is 1. The number of hydrogen-bond donors (Lipinski definition) is 3. The lowest BCUT2D eigenvalue weighted by molar-refractivity contribution is 0.102. The van der Waals surface area contributed by atoms with Crippen molar-refractivity contribution >= 4 is 33.4 Å². The van der Waals surface area contributed by atoms with Crippen molar-refractivity contribution in [2.45, 2.75) is 6.92 Å². The molecule has 7 heteroatoms. The van der Waals surface area contributed by atoms with E-state index in [0.29, 0.717) is 27.0 Å². The molecule has 1 amide bonds. The molecule has 4 N–H and O–H groups in total. The Morgan fingerprint density at radius 3 is 2.81 bits per heavy atom. The molecule has 0 saturated heterocycles. The van der Waals surface area contributed by atoms with Gasteiger partial charge < -0.3 is 16.3 Å². The molecule has 0 spiro atoms. The first-order chi connectivity index (χ1) is 10.0. The van der Waals surface area contributed by atoms with Crippen molar-refractivity contribution in [1.82, 2.24) is 4.98 Å². The molecule has 0 fully saturated rings. The number of oxime groups is 1. The van der Waals surface area contributed by atoms with Gasteiger partial charge in [0.2, 0.25) is 0 Å². The number of pyridine rings is 1. The normalized spacial score (nSPS) is 11.2. The van der Waals surface area contributed by atoms with E-state index >= 15 is 0 Å². The second-order valence-corrected chi connectivity index (χ2v) is 5.12. The Balaban J connectivity index is 2.25. The van der Waals surface area contributed by atoms with Crippen molar-refractivity contribution in [3.05, 3.63) is 57.8 Å². The fraction of sp³-hybridized carbons (Fsp3) is 0.0714. The summed E-state index contributed by atoms with van der Waals surface area (Å²) < 4.78 is 0.626. The van der Waals surface area contributed by atoms with E-state index in [1.54, 1.807) is 43.5 Å². The van der Waals surface area contributed by atoms with Gasteiger partial charge >= 0.3 is 0 Å². The molecule has 0 radical (unpaired) electrons. The van der Waals surface area contributed by atoms with Crippen LogP contribution in [0.15, 0.2) is 46.2 Å². The Hall–Kier alpha value is -2.41. The van der Waals surface area contributed by atoms with E-state index in [1.807, 2.05) is 0 Å². The third kappa shape index (κ3) is 3.38. The van der Waals surface area contributed by atoms with Gasteiger partial charge in [0.05, 0.1) is 11.3 Å². The summed E-state index contributed by atoms with van der Waals surface area (Å²) in [6.45, 7) is 1.77. The molecule has 0 bridgehead atoms. The number of hydrogen-bond acceptors (Lipinski definition) is 4. The maximum absolute atomic E-state index is 12.2. The highest BCUT2D eigenvalue weighted by Crippen LogP contribution is 2.24. The van der Waals surface area contributed by atoms with E-state index < -0.39 is 0 Å². The molecule has 0 aliphatic carbocycles. The smallest absolute Gasteiger partial charge is 0.257 e. The van der Waals surface area contributed by atoms with Gasteiger partial charge in [-0.05, 0) is 53.2 Å². The van der Waals surface area contributed by atoms with Gasteiger partial charge in [-0.25, -0.2) is 0 Å². The molecule has 21 heavy (non-hydrogen) atoms. The predicted molar refractivity (Wildman–Crippen MR) is 83.6 cm³/mol. The van der Waals surface area contributed by atoms with Gasteiger partial charge in [0.15, 0.2) is 5.84 Å². The van der Waals surface area contributed by atoms with Crippen LogP contribution in [0, 0.1) is 6.92 Å². The van der Waals surface area contributed by atoms with Crippen LogP contribution in [0.4, 0.5) is 5.69 Å². The Kier molecular flexibility index (Phi) is 4.54. The molecule has 0 atom stereocenters. The largest absolute Gasteiger partial charge is 0.409 e. The number of aromatic nitrogens is 1. The van der Waals surface area contributed by atoms with Crippen LogP contribution in [0.5, 0.6) is 0 Å². The molecule has 0 unspecified atom stereocenters. The van der Waals surface area contributed by atoms with Crippen LogP contribution in [-0.2, 0) is 0 Å². The third-order valence-corrected chi connectivity index (χ3v) is 3.53. The molecular formula is C14H13BrN4O2. The molecule has 1 aromatic carbocycles. The van der Waals surface area contributed by atoms with E-state index in [2.05, 4.69) is 31.4 Å². The summed E-state index contributed by atoms with van der Waals surface area (Å²) >= 11 is 3.34. The summed E-state index contributed by atoms with van der Waals surface area (Å²) in [7, 11) is 0. The minimum Gasteiger partial charge on any atom is -0.409 e.